The van der Waals surface area contributed by atoms with Gasteiger partial charge in [-0.3, -0.25) is 4.79 Å². The highest BCUT2D eigenvalue weighted by molar-refractivity contribution is 5.47. The van der Waals surface area contributed by atoms with Crippen molar-refractivity contribution in [1.82, 2.24) is 14.5 Å². The molecule has 0 saturated carbocycles. The molecule has 0 spiro atoms. The standard InChI is InChI=1S/C11H14F3N3O2/c1-7-4-16(6-18)5-8-3-15-9(17(7)8)10(2,19)11(12,13)14/h3,6-7,19H,4-5H2,1-2H3/t7-,10?/m0/s1. The summed E-state index contributed by atoms with van der Waals surface area (Å²) in [7, 11) is 0. The zero-order valence-electron chi connectivity index (χ0n) is 10.5. The fraction of sp³-hybridized carbons (Fsp3) is 0.636. The summed E-state index contributed by atoms with van der Waals surface area (Å²) in [6.07, 6.45) is -2.90. The lowest BCUT2D eigenvalue weighted by atomic mass is 10.0. The van der Waals surface area contributed by atoms with Crippen molar-refractivity contribution in [3.8, 4) is 0 Å². The van der Waals surface area contributed by atoms with E-state index in [1.165, 1.54) is 15.7 Å². The average Bonchev–Trinajstić information content (AvgIpc) is 2.71. The molecule has 1 aromatic rings. The number of amides is 1. The molecule has 1 unspecified atom stereocenters. The van der Waals surface area contributed by atoms with Gasteiger partial charge in [-0.15, -0.1) is 0 Å². The highest BCUT2D eigenvalue weighted by Gasteiger charge is 2.54. The minimum atomic E-state index is -4.81. The van der Waals surface area contributed by atoms with Crippen LogP contribution in [-0.4, -0.2) is 38.7 Å². The van der Waals surface area contributed by atoms with Gasteiger partial charge in [0.1, 0.15) is 0 Å². The molecule has 0 fully saturated rings. The summed E-state index contributed by atoms with van der Waals surface area (Å²) in [5, 5.41) is 9.72. The van der Waals surface area contributed by atoms with E-state index < -0.39 is 17.6 Å². The van der Waals surface area contributed by atoms with Gasteiger partial charge in [-0.1, -0.05) is 0 Å². The Morgan fingerprint density at radius 1 is 1.53 bits per heavy atom. The summed E-state index contributed by atoms with van der Waals surface area (Å²) >= 11 is 0. The summed E-state index contributed by atoms with van der Waals surface area (Å²) in [5.41, 5.74) is -2.53. The summed E-state index contributed by atoms with van der Waals surface area (Å²) in [5.74, 6) is -0.437. The van der Waals surface area contributed by atoms with Crippen LogP contribution in [0.3, 0.4) is 0 Å². The molecule has 1 aliphatic rings. The molecule has 1 amide bonds. The number of aliphatic hydroxyl groups is 1. The molecule has 1 aromatic heterocycles. The van der Waals surface area contributed by atoms with Gasteiger partial charge in [0, 0.05) is 6.54 Å². The molecule has 2 rings (SSSR count). The van der Waals surface area contributed by atoms with Crippen molar-refractivity contribution in [3.63, 3.8) is 0 Å². The van der Waals surface area contributed by atoms with Crippen LogP contribution in [0.25, 0.3) is 0 Å². The number of carbonyl (C=O) groups is 1. The van der Waals surface area contributed by atoms with Crippen LogP contribution >= 0.6 is 0 Å². The Morgan fingerprint density at radius 2 is 2.16 bits per heavy atom. The summed E-state index contributed by atoms with van der Waals surface area (Å²) < 4.78 is 40.0. The van der Waals surface area contributed by atoms with Crippen molar-refractivity contribution in [3.05, 3.63) is 17.7 Å². The predicted octanol–water partition coefficient (Wildman–Crippen LogP) is 1.19. The highest BCUT2D eigenvalue weighted by atomic mass is 19.4. The quantitative estimate of drug-likeness (QED) is 0.826. The lowest BCUT2D eigenvalue weighted by molar-refractivity contribution is -0.263. The number of nitrogens with zero attached hydrogens (tertiary/aromatic N) is 3. The first-order chi connectivity index (χ1) is 8.68. The summed E-state index contributed by atoms with van der Waals surface area (Å²) in [4.78, 5) is 15.9. The molecule has 8 heteroatoms. The summed E-state index contributed by atoms with van der Waals surface area (Å²) in [6, 6.07) is -0.375. The van der Waals surface area contributed by atoms with Gasteiger partial charge in [0.2, 0.25) is 12.0 Å². The normalized spacial score (nSPS) is 22.8. The maximum Gasteiger partial charge on any atom is 0.424 e. The first-order valence-electron chi connectivity index (χ1n) is 5.73. The maximum absolute atomic E-state index is 12.9. The molecule has 0 aromatic carbocycles. The monoisotopic (exact) mass is 277 g/mol. The van der Waals surface area contributed by atoms with E-state index in [0.29, 0.717) is 19.0 Å². The number of carbonyl (C=O) groups excluding carboxylic acids is 1. The van der Waals surface area contributed by atoms with Gasteiger partial charge in [0.05, 0.1) is 24.5 Å². The van der Waals surface area contributed by atoms with Gasteiger partial charge in [-0.25, -0.2) is 4.98 Å². The minimum absolute atomic E-state index is 0.189. The first kappa shape index (κ1) is 13.9. The summed E-state index contributed by atoms with van der Waals surface area (Å²) in [6.45, 7) is 2.83. The molecule has 2 heterocycles. The average molecular weight is 277 g/mol. The molecular formula is C11H14F3N3O2. The van der Waals surface area contributed by atoms with Gasteiger partial charge in [0.15, 0.2) is 5.82 Å². The topological polar surface area (TPSA) is 58.4 Å². The Kier molecular flexibility index (Phi) is 3.08. The van der Waals surface area contributed by atoms with Crippen LogP contribution in [0.1, 0.15) is 31.4 Å². The Bertz CT molecular complexity index is 496. The van der Waals surface area contributed by atoms with Crippen molar-refractivity contribution >= 4 is 6.41 Å². The highest BCUT2D eigenvalue weighted by Crippen LogP contribution is 2.39. The number of aromatic nitrogens is 2. The lowest BCUT2D eigenvalue weighted by Crippen LogP contribution is -2.44. The van der Waals surface area contributed by atoms with Crippen LogP contribution in [0, 0.1) is 0 Å². The third kappa shape index (κ3) is 2.09. The van der Waals surface area contributed by atoms with Crippen LogP contribution in [0.4, 0.5) is 13.2 Å². The minimum Gasteiger partial charge on any atom is -0.374 e. The molecule has 1 N–H and O–H groups in total. The third-order valence-corrected chi connectivity index (χ3v) is 3.31. The van der Waals surface area contributed by atoms with E-state index in [4.69, 9.17) is 0 Å². The molecule has 1 aliphatic heterocycles. The molecule has 5 nitrogen and oxygen atoms in total. The lowest BCUT2D eigenvalue weighted by Gasteiger charge is -2.34. The fourth-order valence-electron chi connectivity index (χ4n) is 2.27. The number of hydrogen-bond donors (Lipinski definition) is 1. The number of rotatable bonds is 2. The number of imidazole rings is 1. The number of hydrogen-bond acceptors (Lipinski definition) is 3. The second-order valence-corrected chi connectivity index (χ2v) is 4.90. The zero-order chi connectivity index (χ0) is 14.4. The molecule has 19 heavy (non-hydrogen) atoms. The SMILES string of the molecule is C[C@H]1CN(C=O)Cc2cnc(C(C)(O)C(F)(F)F)n21. The van der Waals surface area contributed by atoms with Gasteiger partial charge < -0.3 is 14.6 Å². The molecular weight excluding hydrogens is 263 g/mol. The van der Waals surface area contributed by atoms with E-state index in [2.05, 4.69) is 4.98 Å². The van der Waals surface area contributed by atoms with E-state index in [-0.39, 0.29) is 19.1 Å². The van der Waals surface area contributed by atoms with Crippen LogP contribution in [-0.2, 0) is 16.9 Å². The predicted molar refractivity (Wildman–Crippen MR) is 59.0 cm³/mol. The Hall–Kier alpha value is -1.57. The van der Waals surface area contributed by atoms with Crippen molar-refractivity contribution in [2.24, 2.45) is 0 Å². The van der Waals surface area contributed by atoms with Crippen LogP contribution in [0.15, 0.2) is 6.20 Å². The van der Waals surface area contributed by atoms with Crippen LogP contribution < -0.4 is 0 Å². The van der Waals surface area contributed by atoms with E-state index in [1.54, 1.807) is 6.92 Å². The van der Waals surface area contributed by atoms with Crippen molar-refractivity contribution in [1.29, 1.82) is 0 Å². The molecule has 2 atom stereocenters. The smallest absolute Gasteiger partial charge is 0.374 e. The molecule has 106 valence electrons. The Balaban J connectivity index is 2.48. The second kappa shape index (κ2) is 4.22. The Labute approximate surface area is 107 Å². The van der Waals surface area contributed by atoms with Crippen molar-refractivity contribution in [2.75, 3.05) is 6.54 Å². The third-order valence-electron chi connectivity index (χ3n) is 3.31. The van der Waals surface area contributed by atoms with Gasteiger partial charge in [0.25, 0.3) is 0 Å². The largest absolute Gasteiger partial charge is 0.424 e. The molecule has 0 radical (unpaired) electrons. The van der Waals surface area contributed by atoms with Gasteiger partial charge >= 0.3 is 6.18 Å². The first-order valence-corrected chi connectivity index (χ1v) is 5.73. The van der Waals surface area contributed by atoms with Crippen LogP contribution in [0.2, 0.25) is 0 Å². The van der Waals surface area contributed by atoms with Crippen LogP contribution in [0.5, 0.6) is 0 Å². The fourth-order valence-corrected chi connectivity index (χ4v) is 2.27. The number of alkyl halides is 3. The number of fused-ring (bicyclic) bond motifs is 1. The van der Waals surface area contributed by atoms with E-state index in [0.717, 1.165) is 0 Å². The Morgan fingerprint density at radius 3 is 2.68 bits per heavy atom. The number of halogens is 3. The molecule has 0 saturated heterocycles. The van der Waals surface area contributed by atoms with Gasteiger partial charge in [-0.05, 0) is 13.8 Å². The zero-order valence-corrected chi connectivity index (χ0v) is 10.5. The van der Waals surface area contributed by atoms with Crippen molar-refractivity contribution < 1.29 is 23.1 Å². The molecule has 0 bridgehead atoms. The van der Waals surface area contributed by atoms with E-state index in [1.807, 2.05) is 0 Å². The van der Waals surface area contributed by atoms with E-state index in [9.17, 15) is 23.1 Å². The molecule has 0 aliphatic carbocycles. The second-order valence-electron chi connectivity index (χ2n) is 4.90. The van der Waals surface area contributed by atoms with Crippen molar-refractivity contribution in [2.45, 2.75) is 38.2 Å². The van der Waals surface area contributed by atoms with Gasteiger partial charge in [-0.2, -0.15) is 13.2 Å². The van der Waals surface area contributed by atoms with E-state index >= 15 is 0 Å². The maximum atomic E-state index is 12.9.